The van der Waals surface area contributed by atoms with Crippen molar-refractivity contribution in [1.82, 2.24) is 30.2 Å². The van der Waals surface area contributed by atoms with Crippen molar-refractivity contribution in [1.29, 1.82) is 0 Å². The summed E-state index contributed by atoms with van der Waals surface area (Å²) in [6, 6.07) is 0. The Morgan fingerprint density at radius 2 is 2.08 bits per heavy atom. The van der Waals surface area contributed by atoms with Crippen LogP contribution in [0.2, 0.25) is 0 Å². The lowest BCUT2D eigenvalue weighted by Crippen LogP contribution is -2.09. The molecule has 0 atom stereocenters. The number of ketones is 1. The molecule has 2 heterocycles. The summed E-state index contributed by atoms with van der Waals surface area (Å²) < 4.78 is 1.38. The predicted molar refractivity (Wildman–Crippen MR) is 41.1 cm³/mol. The zero-order valence-electron chi connectivity index (χ0n) is 7.09. The van der Waals surface area contributed by atoms with Gasteiger partial charge in [0.25, 0.3) is 5.78 Å². The third-order valence-corrected chi connectivity index (χ3v) is 1.69. The monoisotopic (exact) mass is 178 g/mol. The van der Waals surface area contributed by atoms with E-state index < -0.39 is 0 Å². The molecule has 7 heteroatoms. The van der Waals surface area contributed by atoms with Gasteiger partial charge in [0.1, 0.15) is 5.69 Å². The molecular formula is C6H6N6O. The average Bonchev–Trinajstić information content (AvgIpc) is 2.52. The van der Waals surface area contributed by atoms with Crippen LogP contribution in [0.15, 0.2) is 0 Å². The van der Waals surface area contributed by atoms with Gasteiger partial charge in [-0.05, 0) is 17.4 Å². The molecule has 0 unspecified atom stereocenters. The third kappa shape index (κ3) is 1.05. The predicted octanol–water partition coefficient (Wildman–Crippen LogP) is -0.575. The van der Waals surface area contributed by atoms with Gasteiger partial charge in [-0.25, -0.2) is 0 Å². The summed E-state index contributed by atoms with van der Waals surface area (Å²) in [6.07, 6.45) is 0. The molecule has 0 radical (unpaired) electrons. The van der Waals surface area contributed by atoms with E-state index in [1.165, 1.54) is 11.4 Å². The number of hydrogen-bond acceptors (Lipinski definition) is 6. The molecule has 0 aromatic carbocycles. The van der Waals surface area contributed by atoms with Crippen molar-refractivity contribution in [3.05, 3.63) is 11.4 Å². The van der Waals surface area contributed by atoms with Gasteiger partial charge in [-0.1, -0.05) is 5.10 Å². The molecule has 2 rings (SSSR count). The van der Waals surface area contributed by atoms with E-state index >= 15 is 0 Å². The summed E-state index contributed by atoms with van der Waals surface area (Å²) in [5.41, 5.74) is 0.891. The standard InChI is InChI=1S/C6H6N6O/c1-3-5(4(2)13)7-8-6-9-10-11-12(3)6/h1-2H3. The first-order chi connectivity index (χ1) is 6.20. The molecule has 7 nitrogen and oxygen atoms in total. The lowest BCUT2D eigenvalue weighted by atomic mass is 10.2. The largest absolute Gasteiger partial charge is 0.293 e. The summed E-state index contributed by atoms with van der Waals surface area (Å²) >= 11 is 0. The molecule has 0 N–H and O–H groups in total. The first-order valence-electron chi connectivity index (χ1n) is 3.62. The van der Waals surface area contributed by atoms with Crippen LogP contribution in [0.4, 0.5) is 0 Å². The van der Waals surface area contributed by atoms with Crippen LogP contribution >= 0.6 is 0 Å². The van der Waals surface area contributed by atoms with Crippen molar-refractivity contribution in [3.8, 4) is 0 Å². The van der Waals surface area contributed by atoms with Gasteiger partial charge in [-0.15, -0.1) is 10.2 Å². The molecule has 13 heavy (non-hydrogen) atoms. The summed E-state index contributed by atoms with van der Waals surface area (Å²) in [4.78, 5) is 11.0. The molecule has 0 amide bonds. The quantitative estimate of drug-likeness (QED) is 0.543. The van der Waals surface area contributed by atoms with E-state index in [0.717, 1.165) is 0 Å². The van der Waals surface area contributed by atoms with Gasteiger partial charge in [0.2, 0.25) is 0 Å². The van der Waals surface area contributed by atoms with Gasteiger partial charge < -0.3 is 0 Å². The van der Waals surface area contributed by atoms with Gasteiger partial charge in [0, 0.05) is 6.92 Å². The van der Waals surface area contributed by atoms with E-state index in [9.17, 15) is 4.79 Å². The number of hydrogen-bond donors (Lipinski definition) is 0. The van der Waals surface area contributed by atoms with E-state index in [1.54, 1.807) is 6.92 Å². The zero-order chi connectivity index (χ0) is 9.42. The minimum atomic E-state index is -0.151. The number of tetrazole rings is 1. The van der Waals surface area contributed by atoms with Crippen molar-refractivity contribution in [2.24, 2.45) is 0 Å². The fraction of sp³-hybridized carbons (Fsp3) is 0.333. The minimum absolute atomic E-state index is 0.151. The molecule has 0 fully saturated rings. The Bertz CT molecular complexity index is 475. The van der Waals surface area contributed by atoms with Crippen molar-refractivity contribution < 1.29 is 4.79 Å². The van der Waals surface area contributed by atoms with E-state index in [1.807, 2.05) is 0 Å². The fourth-order valence-electron chi connectivity index (χ4n) is 1.05. The highest BCUT2D eigenvalue weighted by atomic mass is 16.1. The molecule has 0 saturated heterocycles. The van der Waals surface area contributed by atoms with E-state index in [0.29, 0.717) is 17.2 Å². The average molecular weight is 178 g/mol. The third-order valence-electron chi connectivity index (χ3n) is 1.69. The summed E-state index contributed by atoms with van der Waals surface area (Å²) in [5.74, 6) is 0.143. The number of carbonyl (C=O) groups is 1. The Morgan fingerprint density at radius 1 is 1.31 bits per heavy atom. The fourth-order valence-corrected chi connectivity index (χ4v) is 1.05. The second-order valence-electron chi connectivity index (χ2n) is 2.58. The Kier molecular flexibility index (Phi) is 1.51. The van der Waals surface area contributed by atoms with Crippen LogP contribution in [-0.2, 0) is 0 Å². The number of carbonyl (C=O) groups excluding carboxylic acids is 1. The normalized spacial score (nSPS) is 10.6. The SMILES string of the molecule is CC(=O)c1nnc2nnnn2c1C. The molecule has 0 aliphatic heterocycles. The smallest absolute Gasteiger partial charge is 0.292 e. The van der Waals surface area contributed by atoms with Crippen molar-refractivity contribution >= 4 is 11.6 Å². The highest BCUT2D eigenvalue weighted by molar-refractivity contribution is 5.92. The van der Waals surface area contributed by atoms with Crippen molar-refractivity contribution in [3.63, 3.8) is 0 Å². The number of fused-ring (bicyclic) bond motifs is 1. The van der Waals surface area contributed by atoms with Crippen LogP contribution in [-0.4, -0.2) is 36.0 Å². The lowest BCUT2D eigenvalue weighted by Gasteiger charge is -1.98. The molecule has 2 aromatic heterocycles. The maximum atomic E-state index is 11.0. The molecule has 0 aliphatic rings. The highest BCUT2D eigenvalue weighted by Gasteiger charge is 2.11. The molecule has 0 saturated carbocycles. The lowest BCUT2D eigenvalue weighted by molar-refractivity contribution is 0.101. The van der Waals surface area contributed by atoms with Crippen LogP contribution < -0.4 is 0 Å². The summed E-state index contributed by atoms with van der Waals surface area (Å²) in [5, 5.41) is 18.1. The van der Waals surface area contributed by atoms with Gasteiger partial charge >= 0.3 is 0 Å². The first-order valence-corrected chi connectivity index (χ1v) is 3.62. The molecule has 0 bridgehead atoms. The number of Topliss-reactive ketones (excluding diaryl/α,β-unsaturated/α-hetero) is 1. The molecular weight excluding hydrogens is 172 g/mol. The number of aromatic nitrogens is 6. The van der Waals surface area contributed by atoms with Crippen LogP contribution in [0.3, 0.4) is 0 Å². The Balaban J connectivity index is 2.80. The summed E-state index contributed by atoms with van der Waals surface area (Å²) in [7, 11) is 0. The number of aryl methyl sites for hydroxylation is 1. The Hall–Kier alpha value is -1.92. The van der Waals surface area contributed by atoms with Crippen LogP contribution in [0.1, 0.15) is 23.1 Å². The van der Waals surface area contributed by atoms with Crippen molar-refractivity contribution in [2.45, 2.75) is 13.8 Å². The van der Waals surface area contributed by atoms with Gasteiger partial charge in [0.05, 0.1) is 5.69 Å². The zero-order valence-corrected chi connectivity index (χ0v) is 7.09. The van der Waals surface area contributed by atoms with Crippen LogP contribution in [0, 0.1) is 6.92 Å². The Morgan fingerprint density at radius 3 is 2.77 bits per heavy atom. The maximum absolute atomic E-state index is 11.0. The van der Waals surface area contributed by atoms with Gasteiger partial charge in [0.15, 0.2) is 5.78 Å². The van der Waals surface area contributed by atoms with Gasteiger partial charge in [-0.2, -0.15) is 4.52 Å². The van der Waals surface area contributed by atoms with E-state index in [4.69, 9.17) is 0 Å². The maximum Gasteiger partial charge on any atom is 0.292 e. The first kappa shape index (κ1) is 7.71. The molecule has 2 aromatic rings. The van der Waals surface area contributed by atoms with Gasteiger partial charge in [-0.3, -0.25) is 4.79 Å². The minimum Gasteiger partial charge on any atom is -0.293 e. The molecule has 0 aliphatic carbocycles. The van der Waals surface area contributed by atoms with E-state index in [-0.39, 0.29) is 5.78 Å². The van der Waals surface area contributed by atoms with Crippen LogP contribution in [0.25, 0.3) is 5.78 Å². The van der Waals surface area contributed by atoms with E-state index in [2.05, 4.69) is 25.7 Å². The highest BCUT2D eigenvalue weighted by Crippen LogP contribution is 2.03. The van der Waals surface area contributed by atoms with Crippen LogP contribution in [0.5, 0.6) is 0 Å². The summed E-state index contributed by atoms with van der Waals surface area (Å²) in [6.45, 7) is 3.14. The molecule has 0 spiro atoms. The molecule has 66 valence electrons. The second-order valence-corrected chi connectivity index (χ2v) is 2.58. The number of rotatable bonds is 1. The van der Waals surface area contributed by atoms with Crippen molar-refractivity contribution in [2.75, 3.05) is 0 Å². The number of nitrogens with zero attached hydrogens (tertiary/aromatic N) is 6. The second kappa shape index (κ2) is 2.54. The Labute approximate surface area is 72.8 Å². The topological polar surface area (TPSA) is 85.9 Å².